The smallest absolute Gasteiger partial charge is 0.139 e. The predicted molar refractivity (Wildman–Crippen MR) is 483 cm³/mol. The van der Waals surface area contributed by atoms with Crippen molar-refractivity contribution in [1.29, 1.82) is 0 Å². The lowest BCUT2D eigenvalue weighted by Gasteiger charge is -2.33. The van der Waals surface area contributed by atoms with Gasteiger partial charge in [0.1, 0.15) is 23.0 Å². The van der Waals surface area contributed by atoms with E-state index in [-0.39, 0.29) is 88.6 Å². The molecule has 0 radical (unpaired) electrons. The van der Waals surface area contributed by atoms with Crippen LogP contribution < -0.4 is 9.80 Å². The molecular formula is C108H126N2O4. The van der Waals surface area contributed by atoms with Crippen LogP contribution in [0.5, 0.6) is 11.5 Å². The van der Waals surface area contributed by atoms with E-state index < -0.39 is 0 Å². The Bertz CT molecular complexity index is 5160. The number of fused-ring (bicyclic) bond motifs is 4. The number of benzene rings is 10. The normalized spacial score (nSPS) is 17.8. The van der Waals surface area contributed by atoms with Gasteiger partial charge < -0.3 is 30.2 Å². The van der Waals surface area contributed by atoms with Crippen LogP contribution in [0.4, 0.5) is 34.1 Å². The number of aliphatic hydroxyl groups is 2. The number of phenolic OH excluding ortho intramolecular Hbond substituents is 2. The van der Waals surface area contributed by atoms with Crippen LogP contribution in [0.15, 0.2) is 218 Å². The van der Waals surface area contributed by atoms with Gasteiger partial charge in [0.2, 0.25) is 0 Å². The van der Waals surface area contributed by atoms with Crippen LogP contribution in [0.25, 0.3) is 55.7 Å². The van der Waals surface area contributed by atoms with E-state index in [9.17, 15) is 20.4 Å². The molecule has 0 aliphatic heterocycles. The van der Waals surface area contributed by atoms with Gasteiger partial charge in [0.25, 0.3) is 0 Å². The number of allylic oxidation sites excluding steroid dienone is 2. The zero-order valence-corrected chi connectivity index (χ0v) is 71.5. The molecule has 6 heteroatoms. The summed E-state index contributed by atoms with van der Waals surface area (Å²) in [5, 5.41) is 49.7. The van der Waals surface area contributed by atoms with E-state index in [0.717, 1.165) is 113 Å². The van der Waals surface area contributed by atoms with Gasteiger partial charge in [0.15, 0.2) is 0 Å². The first-order valence-electron chi connectivity index (χ1n) is 43.8. The van der Waals surface area contributed by atoms with Crippen molar-refractivity contribution in [3.05, 3.63) is 273 Å². The lowest BCUT2D eigenvalue weighted by atomic mass is 9.71. The molecule has 10 aromatic carbocycles. The minimum atomic E-state index is -0.214. The molecule has 0 unspecified atom stereocenters. The average Bonchev–Trinajstić information content (AvgIpc) is 1.10. The Morgan fingerprint density at radius 3 is 0.746 bits per heavy atom. The minimum absolute atomic E-state index is 0.00527. The van der Waals surface area contributed by atoms with E-state index in [2.05, 4.69) is 290 Å². The number of anilines is 6. The monoisotopic (exact) mass is 1510 g/mol. The highest BCUT2D eigenvalue weighted by atomic mass is 16.3. The fourth-order valence-electron chi connectivity index (χ4n) is 24.7. The maximum absolute atomic E-state index is 12.5. The van der Waals surface area contributed by atoms with Gasteiger partial charge in [-0.2, -0.15) is 0 Å². The molecule has 0 bridgehead atoms. The zero-order valence-electron chi connectivity index (χ0n) is 71.5. The number of hydrogen-bond donors (Lipinski definition) is 4. The lowest BCUT2D eigenvalue weighted by Crippen LogP contribution is -2.26. The summed E-state index contributed by atoms with van der Waals surface area (Å²) in [6, 6.07) is 74.8. The van der Waals surface area contributed by atoms with Gasteiger partial charge >= 0.3 is 0 Å². The zero-order chi connectivity index (χ0) is 80.7. The molecule has 0 heterocycles. The largest absolute Gasteiger partial charge is 0.507 e. The summed E-state index contributed by atoms with van der Waals surface area (Å²) in [7, 11) is 0. The molecule has 4 N–H and O–H groups in total. The first-order valence-corrected chi connectivity index (χ1v) is 43.8. The molecule has 10 aromatic rings. The van der Waals surface area contributed by atoms with E-state index in [0.29, 0.717) is 11.4 Å². The highest BCUT2D eigenvalue weighted by molar-refractivity contribution is 6.08. The topological polar surface area (TPSA) is 87.4 Å². The first-order chi connectivity index (χ1) is 54.7. The number of nitrogens with zero attached hydrogens (tertiary/aromatic N) is 2. The Labute approximate surface area is 683 Å². The van der Waals surface area contributed by atoms with E-state index in [4.69, 9.17) is 0 Å². The van der Waals surface area contributed by atoms with E-state index in [1.165, 1.54) is 128 Å². The number of hydrogen-bond acceptors (Lipinski definition) is 6. The minimum Gasteiger partial charge on any atom is -0.507 e. The SMILES string of the molecule is CCCC1(CCC)CC(C)(C)c2c(-c3ccc(N(c4ccc(-c5cccc6c5C(C)(C)CC6(CCC)CCC)cc4)c4ccc(C5=C(O)C(c6ccc(N(c7ccc(-c8cccc9c8C(C)(C)CC9(CCC)CCC)cc7)c7ccc(-c8cccc9c8C(CCC)(CCC)CC9(C)C)cc7)cc6O)=C5O)c(O)c4)cc3)cccc21. The van der Waals surface area contributed by atoms with Crippen LogP contribution >= 0.6 is 0 Å². The number of aliphatic hydroxyl groups excluding tert-OH is 2. The van der Waals surface area contributed by atoms with Crippen molar-refractivity contribution in [2.75, 3.05) is 9.80 Å². The third kappa shape index (κ3) is 13.4. The third-order valence-corrected chi connectivity index (χ3v) is 27.9. The van der Waals surface area contributed by atoms with Crippen molar-refractivity contribution in [2.24, 2.45) is 0 Å². The highest BCUT2D eigenvalue weighted by Gasteiger charge is 2.52. The Morgan fingerprint density at radius 2 is 0.482 bits per heavy atom. The molecule has 592 valence electrons. The van der Waals surface area contributed by atoms with Gasteiger partial charge in [0, 0.05) is 57.4 Å². The number of aromatic hydroxyl groups is 2. The summed E-state index contributed by atoms with van der Waals surface area (Å²) >= 11 is 0. The molecule has 0 fully saturated rings. The third-order valence-electron chi connectivity index (χ3n) is 27.9. The second-order valence-electron chi connectivity index (χ2n) is 38.0. The van der Waals surface area contributed by atoms with Crippen LogP contribution in [0, 0.1) is 0 Å². The molecule has 15 rings (SSSR count). The fraction of sp³-hybridized carbons (Fsp3) is 0.407. The number of rotatable bonds is 28. The maximum atomic E-state index is 12.5. The molecular weight excluding hydrogens is 1390 g/mol. The summed E-state index contributed by atoms with van der Waals surface area (Å²) in [6.45, 7) is 38.2. The van der Waals surface area contributed by atoms with Gasteiger partial charge in [-0.1, -0.05) is 283 Å². The average molecular weight is 1520 g/mol. The predicted octanol–water partition coefficient (Wildman–Crippen LogP) is 31.0. The number of phenols is 2. The summed E-state index contributed by atoms with van der Waals surface area (Å²) in [4.78, 5) is 4.39. The summed E-state index contributed by atoms with van der Waals surface area (Å²) in [5.41, 5.74) is 28.4. The van der Waals surface area contributed by atoms with Gasteiger partial charge in [-0.15, -0.1) is 0 Å². The Kier molecular flexibility index (Phi) is 21.4. The van der Waals surface area contributed by atoms with E-state index >= 15 is 0 Å². The summed E-state index contributed by atoms with van der Waals surface area (Å²) < 4.78 is 0. The van der Waals surface area contributed by atoms with Crippen molar-refractivity contribution in [1.82, 2.24) is 0 Å². The highest BCUT2D eigenvalue weighted by Crippen LogP contribution is 2.62. The van der Waals surface area contributed by atoms with E-state index in [1.807, 2.05) is 12.1 Å². The summed E-state index contributed by atoms with van der Waals surface area (Å²) in [5.74, 6) is -0.644. The molecule has 0 amide bonds. The molecule has 0 aromatic heterocycles. The second kappa shape index (κ2) is 30.6. The Hall–Kier alpha value is -9.52. The second-order valence-corrected chi connectivity index (χ2v) is 38.0. The Morgan fingerprint density at radius 1 is 0.246 bits per heavy atom. The first kappa shape index (κ1) is 79.7. The molecule has 0 saturated heterocycles. The van der Waals surface area contributed by atoms with Crippen molar-refractivity contribution >= 4 is 45.3 Å². The summed E-state index contributed by atoms with van der Waals surface area (Å²) in [6.07, 6.45) is 23.2. The lowest BCUT2D eigenvalue weighted by molar-refractivity contribution is 0.303. The standard InChI is InChI=1S/C108H126N2O4/c1-17-57-105(58-18-2)68-102(11,12)95-81(29-26-34-88(95)105)71-37-45-75(46-38-71)109(76-47-39-72(40-48-76)82-30-27-35-89-96(82)103(13,14)69-106(89,59-19-3)60-20-4)79-53-55-85(91(111)65-79)93-99(113)94(100(93)114)86-56-54-80(66-92(86)112)110(77-49-41-73(42-50-77)83-31-28-36-90-97(83)104(15,16)70-107(90,61-21-5)62-22-6)78-51-43-74(44-52-78)84-32-25-33-87-98(84)108(63-23-7,64-24-8)67-101(87,9)10/h25-56,65-66,111-114H,17-24,57-64,67-70H2,1-16H3. The van der Waals surface area contributed by atoms with Crippen LogP contribution in [-0.2, 0) is 43.3 Å². The molecule has 0 spiro atoms. The van der Waals surface area contributed by atoms with Gasteiger partial charge in [-0.3, -0.25) is 0 Å². The van der Waals surface area contributed by atoms with Gasteiger partial charge in [-0.25, -0.2) is 0 Å². The van der Waals surface area contributed by atoms with Crippen molar-refractivity contribution in [3.63, 3.8) is 0 Å². The molecule has 0 atom stereocenters. The van der Waals surface area contributed by atoms with Gasteiger partial charge in [-0.05, 0) is 282 Å². The van der Waals surface area contributed by atoms with Gasteiger partial charge in [0.05, 0.1) is 11.1 Å². The Balaban J connectivity index is 0.781. The van der Waals surface area contributed by atoms with Crippen LogP contribution in [0.1, 0.15) is 295 Å². The van der Waals surface area contributed by atoms with Crippen LogP contribution in [0.3, 0.4) is 0 Å². The fourth-order valence-corrected chi connectivity index (χ4v) is 24.7. The quantitative estimate of drug-likeness (QED) is 0.0391. The van der Waals surface area contributed by atoms with Crippen LogP contribution in [0.2, 0.25) is 0 Å². The van der Waals surface area contributed by atoms with Crippen molar-refractivity contribution in [2.45, 2.75) is 283 Å². The van der Waals surface area contributed by atoms with Crippen LogP contribution in [-0.4, -0.2) is 20.4 Å². The maximum Gasteiger partial charge on any atom is 0.139 e. The van der Waals surface area contributed by atoms with Crippen molar-refractivity contribution < 1.29 is 20.4 Å². The molecule has 6 nitrogen and oxygen atoms in total. The van der Waals surface area contributed by atoms with E-state index in [1.54, 1.807) is 24.3 Å². The molecule has 5 aliphatic rings. The molecule has 114 heavy (non-hydrogen) atoms. The molecule has 0 saturated carbocycles. The van der Waals surface area contributed by atoms with Crippen molar-refractivity contribution in [3.8, 4) is 56.0 Å². The molecule has 5 aliphatic carbocycles.